The van der Waals surface area contributed by atoms with Crippen LogP contribution in [0.25, 0.3) is 0 Å². The van der Waals surface area contributed by atoms with Gasteiger partial charge in [-0.15, -0.1) is 11.3 Å². The van der Waals surface area contributed by atoms with Gasteiger partial charge in [0, 0.05) is 24.9 Å². The molecule has 0 unspecified atom stereocenters. The predicted molar refractivity (Wildman–Crippen MR) is 68.6 cm³/mol. The minimum atomic E-state index is 0.227. The minimum Gasteiger partial charge on any atom is -0.345 e. The average Bonchev–Trinajstić information content (AvgIpc) is 2.79. The molecule has 0 aliphatic carbocycles. The van der Waals surface area contributed by atoms with Gasteiger partial charge >= 0.3 is 0 Å². The van der Waals surface area contributed by atoms with E-state index in [9.17, 15) is 4.79 Å². The van der Waals surface area contributed by atoms with Gasteiger partial charge in [0.1, 0.15) is 0 Å². The van der Waals surface area contributed by atoms with E-state index < -0.39 is 0 Å². The lowest BCUT2D eigenvalue weighted by atomic mass is 10.2. The lowest BCUT2D eigenvalue weighted by Crippen LogP contribution is -2.28. The molecule has 1 amide bonds. The summed E-state index contributed by atoms with van der Waals surface area (Å²) in [6.07, 6.45) is 3.41. The van der Waals surface area contributed by atoms with E-state index in [2.05, 4.69) is 11.4 Å². The molecule has 16 heavy (non-hydrogen) atoms. The van der Waals surface area contributed by atoms with Gasteiger partial charge in [-0.3, -0.25) is 4.79 Å². The quantitative estimate of drug-likeness (QED) is 0.740. The summed E-state index contributed by atoms with van der Waals surface area (Å²) in [7, 11) is 1.87. The Kier molecular flexibility index (Phi) is 6.11. The highest BCUT2D eigenvalue weighted by atomic mass is 32.1. The molecule has 90 valence electrons. The second-order valence-corrected chi connectivity index (χ2v) is 4.92. The van der Waals surface area contributed by atoms with Gasteiger partial charge in [0.05, 0.1) is 0 Å². The first-order valence-corrected chi connectivity index (χ1v) is 6.58. The van der Waals surface area contributed by atoms with Gasteiger partial charge in [-0.1, -0.05) is 6.07 Å². The van der Waals surface area contributed by atoms with Crippen molar-refractivity contribution in [3.05, 3.63) is 22.4 Å². The Morgan fingerprint density at radius 1 is 1.50 bits per heavy atom. The maximum atomic E-state index is 11.7. The van der Waals surface area contributed by atoms with Crippen molar-refractivity contribution in [1.29, 1.82) is 0 Å². The van der Waals surface area contributed by atoms with Crippen molar-refractivity contribution in [2.75, 3.05) is 20.1 Å². The molecule has 0 bridgehead atoms. The Morgan fingerprint density at radius 3 is 2.94 bits per heavy atom. The number of hydrogen-bond acceptors (Lipinski definition) is 3. The zero-order chi connectivity index (χ0) is 11.8. The molecule has 0 aromatic carbocycles. The fraction of sp³-hybridized carbons (Fsp3) is 0.583. The summed E-state index contributed by atoms with van der Waals surface area (Å²) in [5.74, 6) is 0.227. The molecule has 2 N–H and O–H groups in total. The molecule has 1 aromatic rings. The molecule has 0 atom stereocenters. The number of amides is 1. The normalized spacial score (nSPS) is 10.4. The van der Waals surface area contributed by atoms with Crippen molar-refractivity contribution in [1.82, 2.24) is 4.90 Å². The molecule has 1 aromatic heterocycles. The zero-order valence-electron chi connectivity index (χ0n) is 9.82. The van der Waals surface area contributed by atoms with E-state index in [1.807, 2.05) is 18.0 Å². The molecule has 0 spiro atoms. The van der Waals surface area contributed by atoms with E-state index in [1.165, 1.54) is 4.88 Å². The molecular formula is C12H20N2OS. The van der Waals surface area contributed by atoms with Crippen molar-refractivity contribution in [2.45, 2.75) is 25.7 Å². The van der Waals surface area contributed by atoms with Gasteiger partial charge in [-0.25, -0.2) is 0 Å². The molecule has 0 saturated carbocycles. The standard InChI is InChI=1S/C12H20N2OS/c1-14(12(15)6-2-3-8-13)9-7-11-5-4-10-16-11/h4-5,10H,2-3,6-9,13H2,1H3. The third-order valence-corrected chi connectivity index (χ3v) is 3.48. The number of hydrogen-bond donors (Lipinski definition) is 1. The van der Waals surface area contributed by atoms with Gasteiger partial charge < -0.3 is 10.6 Å². The lowest BCUT2D eigenvalue weighted by molar-refractivity contribution is -0.129. The highest BCUT2D eigenvalue weighted by Gasteiger charge is 2.07. The number of nitrogens with zero attached hydrogens (tertiary/aromatic N) is 1. The van der Waals surface area contributed by atoms with Crippen molar-refractivity contribution in [2.24, 2.45) is 5.73 Å². The number of rotatable bonds is 7. The van der Waals surface area contributed by atoms with Crippen molar-refractivity contribution < 1.29 is 4.79 Å². The fourth-order valence-electron chi connectivity index (χ4n) is 1.47. The summed E-state index contributed by atoms with van der Waals surface area (Å²) in [5, 5.41) is 2.07. The maximum absolute atomic E-state index is 11.7. The predicted octanol–water partition coefficient (Wildman–Crippen LogP) is 1.88. The van der Waals surface area contributed by atoms with Crippen LogP contribution in [-0.2, 0) is 11.2 Å². The number of carbonyl (C=O) groups is 1. The molecule has 1 heterocycles. The Hall–Kier alpha value is -0.870. The van der Waals surface area contributed by atoms with Crippen LogP contribution < -0.4 is 5.73 Å². The highest BCUT2D eigenvalue weighted by Crippen LogP contribution is 2.09. The summed E-state index contributed by atoms with van der Waals surface area (Å²) in [6, 6.07) is 4.15. The Morgan fingerprint density at radius 2 is 2.31 bits per heavy atom. The van der Waals surface area contributed by atoms with Crippen molar-refractivity contribution in [3.63, 3.8) is 0 Å². The molecular weight excluding hydrogens is 220 g/mol. The molecule has 4 heteroatoms. The van der Waals surface area contributed by atoms with Crippen LogP contribution in [0.3, 0.4) is 0 Å². The molecule has 0 aliphatic heterocycles. The molecule has 0 radical (unpaired) electrons. The average molecular weight is 240 g/mol. The lowest BCUT2D eigenvalue weighted by Gasteiger charge is -2.16. The second-order valence-electron chi connectivity index (χ2n) is 3.89. The van der Waals surface area contributed by atoms with Crippen LogP contribution in [0.2, 0.25) is 0 Å². The third-order valence-electron chi connectivity index (χ3n) is 2.54. The Labute approximate surface area is 101 Å². The summed E-state index contributed by atoms with van der Waals surface area (Å²) >= 11 is 1.74. The summed E-state index contributed by atoms with van der Waals surface area (Å²) < 4.78 is 0. The van der Waals surface area contributed by atoms with E-state index in [0.29, 0.717) is 13.0 Å². The molecule has 0 aliphatic rings. The first kappa shape index (κ1) is 13.2. The highest BCUT2D eigenvalue weighted by molar-refractivity contribution is 7.09. The first-order valence-electron chi connectivity index (χ1n) is 5.70. The largest absolute Gasteiger partial charge is 0.345 e. The van der Waals surface area contributed by atoms with Crippen LogP contribution in [0, 0.1) is 0 Å². The molecule has 0 fully saturated rings. The van der Waals surface area contributed by atoms with Gasteiger partial charge in [-0.05, 0) is 37.3 Å². The molecule has 1 rings (SSSR count). The van der Waals surface area contributed by atoms with Crippen LogP contribution >= 0.6 is 11.3 Å². The number of carbonyl (C=O) groups excluding carboxylic acids is 1. The number of thiophene rings is 1. The molecule has 3 nitrogen and oxygen atoms in total. The van der Waals surface area contributed by atoms with Crippen LogP contribution in [0.4, 0.5) is 0 Å². The summed E-state index contributed by atoms with van der Waals surface area (Å²) in [5.41, 5.74) is 5.39. The number of nitrogens with two attached hydrogens (primary N) is 1. The fourth-order valence-corrected chi connectivity index (χ4v) is 2.17. The zero-order valence-corrected chi connectivity index (χ0v) is 10.6. The second kappa shape index (κ2) is 7.41. The van der Waals surface area contributed by atoms with Crippen LogP contribution in [0.15, 0.2) is 17.5 Å². The SMILES string of the molecule is CN(CCc1cccs1)C(=O)CCCCN. The Balaban J connectivity index is 2.18. The maximum Gasteiger partial charge on any atom is 0.222 e. The first-order chi connectivity index (χ1) is 7.74. The topological polar surface area (TPSA) is 46.3 Å². The summed E-state index contributed by atoms with van der Waals surface area (Å²) in [6.45, 7) is 1.48. The van der Waals surface area contributed by atoms with Gasteiger partial charge in [-0.2, -0.15) is 0 Å². The van der Waals surface area contributed by atoms with E-state index in [4.69, 9.17) is 5.73 Å². The monoisotopic (exact) mass is 240 g/mol. The number of likely N-dealkylation sites (N-methyl/N-ethyl adjacent to an activating group) is 1. The minimum absolute atomic E-state index is 0.227. The summed E-state index contributed by atoms with van der Waals surface area (Å²) in [4.78, 5) is 14.8. The van der Waals surface area contributed by atoms with Gasteiger partial charge in [0.25, 0.3) is 0 Å². The van der Waals surface area contributed by atoms with E-state index in [1.54, 1.807) is 11.3 Å². The van der Waals surface area contributed by atoms with Crippen molar-refractivity contribution in [3.8, 4) is 0 Å². The van der Waals surface area contributed by atoms with Gasteiger partial charge in [0.2, 0.25) is 5.91 Å². The van der Waals surface area contributed by atoms with E-state index in [0.717, 1.165) is 25.8 Å². The van der Waals surface area contributed by atoms with Crippen LogP contribution in [-0.4, -0.2) is 30.9 Å². The van der Waals surface area contributed by atoms with Gasteiger partial charge in [0.15, 0.2) is 0 Å². The smallest absolute Gasteiger partial charge is 0.222 e. The van der Waals surface area contributed by atoms with E-state index in [-0.39, 0.29) is 5.91 Å². The number of unbranched alkanes of at least 4 members (excludes halogenated alkanes) is 1. The molecule has 0 saturated heterocycles. The Bertz CT molecular complexity index is 298. The van der Waals surface area contributed by atoms with Crippen molar-refractivity contribution >= 4 is 17.2 Å². The van der Waals surface area contributed by atoms with Crippen LogP contribution in [0.5, 0.6) is 0 Å². The van der Waals surface area contributed by atoms with Crippen LogP contribution in [0.1, 0.15) is 24.1 Å². The van der Waals surface area contributed by atoms with E-state index >= 15 is 0 Å². The third kappa shape index (κ3) is 4.77.